The highest BCUT2D eigenvalue weighted by atomic mass is 32.1. The monoisotopic (exact) mass is 255 g/mol. The van der Waals surface area contributed by atoms with E-state index in [2.05, 4.69) is 21.4 Å². The molecule has 0 aliphatic rings. The zero-order valence-corrected chi connectivity index (χ0v) is 10.9. The van der Waals surface area contributed by atoms with Crippen LogP contribution in [0.2, 0.25) is 0 Å². The summed E-state index contributed by atoms with van der Waals surface area (Å²) in [4.78, 5) is 10.1. The zero-order valence-electron chi connectivity index (χ0n) is 10.1. The van der Waals surface area contributed by atoms with Gasteiger partial charge in [-0.2, -0.15) is 0 Å². The number of aromatic nitrogens is 2. The van der Waals surface area contributed by atoms with Gasteiger partial charge in [0.25, 0.3) is 0 Å². The van der Waals surface area contributed by atoms with Crippen molar-refractivity contribution in [1.82, 2.24) is 15.3 Å². The van der Waals surface area contributed by atoms with Crippen LogP contribution < -0.4 is 5.32 Å². The highest BCUT2D eigenvalue weighted by Crippen LogP contribution is 2.30. The molecule has 0 saturated carbocycles. The molecule has 0 radical (unpaired) electrons. The van der Waals surface area contributed by atoms with Gasteiger partial charge in [0.2, 0.25) is 0 Å². The maximum absolute atomic E-state index is 4.51. The van der Waals surface area contributed by atoms with E-state index in [4.69, 9.17) is 0 Å². The van der Waals surface area contributed by atoms with Crippen LogP contribution in [-0.4, -0.2) is 17.0 Å². The second-order valence-corrected chi connectivity index (χ2v) is 5.15. The summed E-state index contributed by atoms with van der Waals surface area (Å²) in [6.45, 7) is 0.862. The number of para-hydroxylation sites is 1. The maximum atomic E-state index is 4.51. The number of benzene rings is 1. The number of nitrogens with zero attached hydrogens (tertiary/aromatic N) is 2. The molecule has 0 unspecified atom stereocenters. The van der Waals surface area contributed by atoms with Crippen LogP contribution in [0.1, 0.15) is 4.88 Å². The SMILES string of the molecule is CNCc1cnc(-c2ccnc3ccccc23)s1. The van der Waals surface area contributed by atoms with Crippen molar-refractivity contribution < 1.29 is 0 Å². The molecule has 4 heteroatoms. The van der Waals surface area contributed by atoms with Crippen molar-refractivity contribution in [1.29, 1.82) is 0 Å². The Morgan fingerprint density at radius 3 is 2.94 bits per heavy atom. The summed E-state index contributed by atoms with van der Waals surface area (Å²) in [7, 11) is 1.95. The third kappa shape index (κ3) is 2.00. The highest BCUT2D eigenvalue weighted by Gasteiger charge is 2.08. The summed E-state index contributed by atoms with van der Waals surface area (Å²) in [6.07, 6.45) is 3.78. The Morgan fingerprint density at radius 1 is 1.17 bits per heavy atom. The van der Waals surface area contributed by atoms with Crippen molar-refractivity contribution in [3.8, 4) is 10.6 Å². The molecule has 0 saturated heterocycles. The summed E-state index contributed by atoms with van der Waals surface area (Å²) in [6, 6.07) is 10.2. The standard InChI is InChI=1S/C14H13N3S/c1-15-8-10-9-17-14(18-10)12-6-7-16-13-5-3-2-4-11(12)13/h2-7,9,15H,8H2,1H3. The lowest BCUT2D eigenvalue weighted by atomic mass is 10.1. The normalized spacial score (nSPS) is 10.9. The average molecular weight is 255 g/mol. The van der Waals surface area contributed by atoms with Gasteiger partial charge < -0.3 is 5.32 Å². The topological polar surface area (TPSA) is 37.8 Å². The molecule has 3 aromatic rings. The number of thiazole rings is 1. The Balaban J connectivity index is 2.12. The van der Waals surface area contributed by atoms with Gasteiger partial charge in [-0.25, -0.2) is 4.98 Å². The predicted octanol–water partition coefficient (Wildman–Crippen LogP) is 3.08. The molecule has 1 aromatic carbocycles. The summed E-state index contributed by atoms with van der Waals surface area (Å²) < 4.78 is 0. The summed E-state index contributed by atoms with van der Waals surface area (Å²) in [5.74, 6) is 0. The average Bonchev–Trinajstić information content (AvgIpc) is 2.87. The van der Waals surface area contributed by atoms with Gasteiger partial charge in [0.15, 0.2) is 0 Å². The first-order valence-corrected chi connectivity index (χ1v) is 6.63. The molecule has 3 nitrogen and oxygen atoms in total. The number of hydrogen-bond donors (Lipinski definition) is 1. The van der Waals surface area contributed by atoms with E-state index in [9.17, 15) is 0 Å². The fraction of sp³-hybridized carbons (Fsp3) is 0.143. The van der Waals surface area contributed by atoms with E-state index in [-0.39, 0.29) is 0 Å². The van der Waals surface area contributed by atoms with Crippen molar-refractivity contribution in [2.75, 3.05) is 7.05 Å². The van der Waals surface area contributed by atoms with Crippen LogP contribution in [0.15, 0.2) is 42.7 Å². The number of rotatable bonds is 3. The summed E-state index contributed by atoms with van der Waals surface area (Å²) in [5, 5.41) is 5.36. The number of fused-ring (bicyclic) bond motifs is 1. The largest absolute Gasteiger partial charge is 0.315 e. The van der Waals surface area contributed by atoms with Crippen LogP contribution in [0.25, 0.3) is 21.5 Å². The van der Waals surface area contributed by atoms with E-state index in [1.807, 2.05) is 43.7 Å². The first-order chi connectivity index (χ1) is 8.88. The van der Waals surface area contributed by atoms with Gasteiger partial charge in [0, 0.05) is 34.8 Å². The Hall–Kier alpha value is -1.78. The quantitative estimate of drug-likeness (QED) is 0.781. The van der Waals surface area contributed by atoms with E-state index < -0.39 is 0 Å². The molecule has 0 bridgehead atoms. The molecule has 2 heterocycles. The lowest BCUT2D eigenvalue weighted by Gasteiger charge is -2.02. The molecule has 1 N–H and O–H groups in total. The minimum atomic E-state index is 0.862. The molecule has 0 fully saturated rings. The molecular weight excluding hydrogens is 242 g/mol. The Labute approximate surface area is 110 Å². The third-order valence-corrected chi connectivity index (χ3v) is 3.81. The second kappa shape index (κ2) is 4.84. The fourth-order valence-corrected chi connectivity index (χ4v) is 2.93. The van der Waals surface area contributed by atoms with Crippen LogP contribution in [0.4, 0.5) is 0 Å². The summed E-state index contributed by atoms with van der Waals surface area (Å²) >= 11 is 1.72. The van der Waals surface area contributed by atoms with E-state index >= 15 is 0 Å². The lowest BCUT2D eigenvalue weighted by Crippen LogP contribution is -2.02. The molecule has 0 amide bonds. The van der Waals surface area contributed by atoms with Crippen molar-refractivity contribution >= 4 is 22.2 Å². The van der Waals surface area contributed by atoms with Gasteiger partial charge in [-0.1, -0.05) is 18.2 Å². The lowest BCUT2D eigenvalue weighted by molar-refractivity contribution is 0.829. The first-order valence-electron chi connectivity index (χ1n) is 5.82. The third-order valence-electron chi connectivity index (χ3n) is 2.78. The molecule has 90 valence electrons. The molecule has 0 atom stereocenters. The maximum Gasteiger partial charge on any atom is 0.124 e. The predicted molar refractivity (Wildman–Crippen MR) is 75.6 cm³/mol. The van der Waals surface area contributed by atoms with Gasteiger partial charge in [0.1, 0.15) is 5.01 Å². The van der Waals surface area contributed by atoms with Crippen molar-refractivity contribution in [2.24, 2.45) is 0 Å². The van der Waals surface area contributed by atoms with Crippen LogP contribution in [0.5, 0.6) is 0 Å². The van der Waals surface area contributed by atoms with Gasteiger partial charge in [-0.05, 0) is 19.2 Å². The van der Waals surface area contributed by atoms with Crippen LogP contribution in [0.3, 0.4) is 0 Å². The van der Waals surface area contributed by atoms with Crippen molar-refractivity contribution in [3.05, 3.63) is 47.6 Å². The van der Waals surface area contributed by atoms with Crippen LogP contribution >= 0.6 is 11.3 Å². The van der Waals surface area contributed by atoms with E-state index in [1.54, 1.807) is 11.3 Å². The molecule has 18 heavy (non-hydrogen) atoms. The van der Waals surface area contributed by atoms with Crippen LogP contribution in [-0.2, 0) is 6.54 Å². The van der Waals surface area contributed by atoms with Crippen molar-refractivity contribution in [2.45, 2.75) is 6.54 Å². The number of hydrogen-bond acceptors (Lipinski definition) is 4. The number of pyridine rings is 1. The molecular formula is C14H13N3S. The molecule has 3 rings (SSSR count). The first kappa shape index (κ1) is 11.3. The molecule has 0 spiro atoms. The van der Waals surface area contributed by atoms with Gasteiger partial charge in [-0.3, -0.25) is 4.98 Å². The van der Waals surface area contributed by atoms with Crippen LogP contribution in [0, 0.1) is 0 Å². The fourth-order valence-electron chi connectivity index (χ4n) is 1.97. The summed E-state index contributed by atoms with van der Waals surface area (Å²) in [5.41, 5.74) is 2.17. The minimum Gasteiger partial charge on any atom is -0.315 e. The molecule has 0 aliphatic carbocycles. The Kier molecular flexibility index (Phi) is 3.04. The van der Waals surface area contributed by atoms with E-state index in [0.717, 1.165) is 28.0 Å². The second-order valence-electron chi connectivity index (χ2n) is 4.04. The van der Waals surface area contributed by atoms with Crippen molar-refractivity contribution in [3.63, 3.8) is 0 Å². The Bertz CT molecular complexity index is 670. The minimum absolute atomic E-state index is 0.862. The van der Waals surface area contributed by atoms with E-state index in [1.165, 1.54) is 4.88 Å². The van der Waals surface area contributed by atoms with E-state index in [0.29, 0.717) is 0 Å². The highest BCUT2D eigenvalue weighted by molar-refractivity contribution is 7.15. The van der Waals surface area contributed by atoms with Gasteiger partial charge >= 0.3 is 0 Å². The van der Waals surface area contributed by atoms with Gasteiger partial charge in [0.05, 0.1) is 5.52 Å². The molecule has 0 aliphatic heterocycles. The Morgan fingerprint density at radius 2 is 2.06 bits per heavy atom. The smallest absolute Gasteiger partial charge is 0.124 e. The molecule has 2 aromatic heterocycles. The zero-order chi connectivity index (χ0) is 12.4. The number of nitrogens with one attached hydrogen (secondary N) is 1. The van der Waals surface area contributed by atoms with Gasteiger partial charge in [-0.15, -0.1) is 11.3 Å².